The van der Waals surface area contributed by atoms with Gasteiger partial charge < -0.3 is 14.6 Å². The number of aromatic nitrogens is 1. The average Bonchev–Trinajstić information content (AvgIpc) is 3.27. The van der Waals surface area contributed by atoms with E-state index in [4.69, 9.17) is 17.0 Å². The van der Waals surface area contributed by atoms with E-state index in [1.165, 1.54) is 25.3 Å². The van der Waals surface area contributed by atoms with Gasteiger partial charge in [0.1, 0.15) is 5.75 Å². The van der Waals surface area contributed by atoms with Gasteiger partial charge in [-0.25, -0.2) is 0 Å². The van der Waals surface area contributed by atoms with E-state index in [2.05, 4.69) is 16.2 Å². The lowest BCUT2D eigenvalue weighted by Gasteiger charge is -2.14. The van der Waals surface area contributed by atoms with Crippen LogP contribution in [0.15, 0.2) is 67.0 Å². The molecular weight excluding hydrogens is 394 g/mol. The van der Waals surface area contributed by atoms with Gasteiger partial charge in [0.15, 0.2) is 5.11 Å². The van der Waals surface area contributed by atoms with Gasteiger partial charge in [0, 0.05) is 29.7 Å². The minimum Gasteiger partial charge on any atom is -0.494 e. The van der Waals surface area contributed by atoms with E-state index in [-0.39, 0.29) is 22.5 Å². The Morgan fingerprint density at radius 2 is 1.79 bits per heavy atom. The summed E-state index contributed by atoms with van der Waals surface area (Å²) in [5.74, 6) is -0.126. The van der Waals surface area contributed by atoms with Gasteiger partial charge in [0.25, 0.3) is 11.6 Å². The maximum Gasteiger partial charge on any atom is 0.273 e. The van der Waals surface area contributed by atoms with E-state index >= 15 is 0 Å². The molecule has 0 bridgehead atoms. The van der Waals surface area contributed by atoms with Crippen LogP contribution in [0.2, 0.25) is 0 Å². The fraction of sp³-hybridized carbons (Fsp3) is 0.0526. The van der Waals surface area contributed by atoms with Crippen LogP contribution in [0.5, 0.6) is 5.75 Å². The third kappa shape index (κ3) is 4.87. The second-order valence-electron chi connectivity index (χ2n) is 5.81. The molecule has 0 unspecified atom stereocenters. The number of rotatable bonds is 5. The Morgan fingerprint density at radius 1 is 1.10 bits per heavy atom. The number of ether oxygens (including phenoxy) is 1. The van der Waals surface area contributed by atoms with Crippen LogP contribution < -0.4 is 20.9 Å². The first-order valence-electron chi connectivity index (χ1n) is 8.41. The normalized spacial score (nSPS) is 10.1. The van der Waals surface area contributed by atoms with Gasteiger partial charge in [0.2, 0.25) is 0 Å². The summed E-state index contributed by atoms with van der Waals surface area (Å²) in [6.45, 7) is 0. The number of nitro benzene ring substituents is 1. The zero-order chi connectivity index (χ0) is 20.8. The minimum absolute atomic E-state index is 0.0921. The Kier molecular flexibility index (Phi) is 6.05. The predicted molar refractivity (Wildman–Crippen MR) is 112 cm³/mol. The number of carbonyl (C=O) groups excluding carboxylic acids is 1. The monoisotopic (exact) mass is 411 g/mol. The molecule has 9 nitrogen and oxygen atoms in total. The van der Waals surface area contributed by atoms with Crippen molar-refractivity contribution in [2.24, 2.45) is 0 Å². The molecule has 0 aliphatic heterocycles. The quantitative estimate of drug-likeness (QED) is 0.336. The molecule has 1 aromatic heterocycles. The van der Waals surface area contributed by atoms with Crippen molar-refractivity contribution in [1.82, 2.24) is 15.4 Å². The number of thiocarbonyl (C=S) groups is 1. The fourth-order valence-electron chi connectivity index (χ4n) is 2.53. The molecule has 0 saturated heterocycles. The molecule has 3 N–H and O–H groups in total. The van der Waals surface area contributed by atoms with Crippen LogP contribution in [-0.4, -0.2) is 27.6 Å². The molecule has 2 aromatic carbocycles. The van der Waals surface area contributed by atoms with Crippen molar-refractivity contribution >= 4 is 34.6 Å². The second-order valence-corrected chi connectivity index (χ2v) is 6.22. The topological polar surface area (TPSA) is 110 Å². The van der Waals surface area contributed by atoms with Crippen LogP contribution in [0, 0.1) is 10.1 Å². The number of non-ortho nitro benzene ring substituents is 1. The number of anilines is 1. The van der Waals surface area contributed by atoms with E-state index in [0.717, 1.165) is 5.69 Å². The Labute approximate surface area is 171 Å². The average molecular weight is 411 g/mol. The molecule has 0 fully saturated rings. The first-order valence-corrected chi connectivity index (χ1v) is 8.82. The fourth-order valence-corrected chi connectivity index (χ4v) is 2.69. The molecular formula is C19H17N5O4S. The molecule has 10 heteroatoms. The largest absolute Gasteiger partial charge is 0.494 e. The highest BCUT2D eigenvalue weighted by molar-refractivity contribution is 7.80. The highest BCUT2D eigenvalue weighted by Gasteiger charge is 2.13. The van der Waals surface area contributed by atoms with Crippen molar-refractivity contribution in [3.05, 3.63) is 82.7 Å². The third-order valence-corrected chi connectivity index (χ3v) is 4.17. The van der Waals surface area contributed by atoms with Crippen molar-refractivity contribution in [3.8, 4) is 11.4 Å². The first-order chi connectivity index (χ1) is 14.0. The van der Waals surface area contributed by atoms with Gasteiger partial charge >= 0.3 is 0 Å². The number of benzene rings is 2. The number of carbonyl (C=O) groups is 1. The zero-order valence-corrected chi connectivity index (χ0v) is 16.1. The van der Waals surface area contributed by atoms with Crippen LogP contribution in [0.3, 0.4) is 0 Å². The number of hydrogen-bond acceptors (Lipinski definition) is 5. The molecule has 1 heterocycles. The Bertz CT molecular complexity index is 1040. The number of nitro groups is 1. The van der Waals surface area contributed by atoms with E-state index in [1.807, 2.05) is 41.2 Å². The molecule has 1 amide bonds. The molecule has 29 heavy (non-hydrogen) atoms. The third-order valence-electron chi connectivity index (χ3n) is 3.97. The molecule has 3 aromatic rings. The summed E-state index contributed by atoms with van der Waals surface area (Å²) in [6.07, 6.45) is 3.82. The summed E-state index contributed by atoms with van der Waals surface area (Å²) in [6, 6.07) is 14.9. The standard InChI is InChI=1S/C19H17N5O4S/c1-28-17-12-15(24(26)27)8-9-16(17)20-19(29)22-21-18(25)13-4-6-14(7-5-13)23-10-2-3-11-23/h2-12H,1H3,(H,21,25)(H2,20,22,29). The lowest BCUT2D eigenvalue weighted by molar-refractivity contribution is -0.384. The number of amides is 1. The molecule has 3 rings (SSSR count). The SMILES string of the molecule is COc1cc([N+](=O)[O-])ccc1NC(=S)NNC(=O)c1ccc(-n2cccc2)cc1. The van der Waals surface area contributed by atoms with Crippen LogP contribution in [0.25, 0.3) is 5.69 Å². The summed E-state index contributed by atoms with van der Waals surface area (Å²) in [4.78, 5) is 22.6. The van der Waals surface area contributed by atoms with E-state index in [0.29, 0.717) is 11.3 Å². The van der Waals surface area contributed by atoms with Crippen molar-refractivity contribution in [2.75, 3.05) is 12.4 Å². The second kappa shape index (κ2) is 8.85. The Balaban J connectivity index is 1.58. The molecule has 0 aliphatic rings. The zero-order valence-electron chi connectivity index (χ0n) is 15.3. The summed E-state index contributed by atoms with van der Waals surface area (Å²) in [5, 5.41) is 13.8. The Morgan fingerprint density at radius 3 is 2.41 bits per heavy atom. The van der Waals surface area contributed by atoms with Gasteiger partial charge in [0.05, 0.1) is 23.8 Å². The lowest BCUT2D eigenvalue weighted by atomic mass is 10.2. The van der Waals surface area contributed by atoms with Gasteiger partial charge in [-0.3, -0.25) is 25.8 Å². The van der Waals surface area contributed by atoms with Crippen LogP contribution in [0.4, 0.5) is 11.4 Å². The summed E-state index contributed by atoms with van der Waals surface area (Å²) < 4.78 is 7.06. The number of nitrogens with one attached hydrogen (secondary N) is 3. The molecule has 0 saturated carbocycles. The highest BCUT2D eigenvalue weighted by Crippen LogP contribution is 2.28. The number of methoxy groups -OCH3 is 1. The van der Waals surface area contributed by atoms with Crippen molar-refractivity contribution in [1.29, 1.82) is 0 Å². The van der Waals surface area contributed by atoms with E-state index in [9.17, 15) is 14.9 Å². The minimum atomic E-state index is -0.523. The molecule has 0 aliphatic carbocycles. The predicted octanol–water partition coefficient (Wildman–Crippen LogP) is 3.03. The van der Waals surface area contributed by atoms with Crippen molar-refractivity contribution in [3.63, 3.8) is 0 Å². The van der Waals surface area contributed by atoms with Crippen LogP contribution >= 0.6 is 12.2 Å². The summed E-state index contributed by atoms with van der Waals surface area (Å²) in [5.41, 5.74) is 6.77. The van der Waals surface area contributed by atoms with Gasteiger partial charge in [-0.15, -0.1) is 0 Å². The summed E-state index contributed by atoms with van der Waals surface area (Å²) in [7, 11) is 1.39. The van der Waals surface area contributed by atoms with Gasteiger partial charge in [-0.2, -0.15) is 0 Å². The first kappa shape index (κ1) is 19.8. The molecule has 0 atom stereocenters. The van der Waals surface area contributed by atoms with E-state index in [1.54, 1.807) is 12.1 Å². The number of hydrogen-bond donors (Lipinski definition) is 3. The van der Waals surface area contributed by atoms with E-state index < -0.39 is 4.92 Å². The molecule has 0 radical (unpaired) electrons. The van der Waals surface area contributed by atoms with Crippen LogP contribution in [-0.2, 0) is 0 Å². The lowest BCUT2D eigenvalue weighted by Crippen LogP contribution is -2.43. The van der Waals surface area contributed by atoms with Crippen molar-refractivity contribution < 1.29 is 14.5 Å². The smallest absolute Gasteiger partial charge is 0.273 e. The van der Waals surface area contributed by atoms with Crippen molar-refractivity contribution in [2.45, 2.75) is 0 Å². The molecule has 148 valence electrons. The van der Waals surface area contributed by atoms with Crippen LogP contribution in [0.1, 0.15) is 10.4 Å². The number of nitrogens with zero attached hydrogens (tertiary/aromatic N) is 2. The maximum atomic E-state index is 12.3. The maximum absolute atomic E-state index is 12.3. The molecule has 0 spiro atoms. The van der Waals surface area contributed by atoms with Gasteiger partial charge in [-0.05, 0) is 54.7 Å². The Hall–Kier alpha value is -3.92. The highest BCUT2D eigenvalue weighted by atomic mass is 32.1. The number of hydrazine groups is 1. The summed E-state index contributed by atoms with van der Waals surface area (Å²) >= 11 is 5.14. The van der Waals surface area contributed by atoms with Gasteiger partial charge in [-0.1, -0.05) is 0 Å².